The minimum atomic E-state index is -0.437. The maximum atomic E-state index is 13.8. The van der Waals surface area contributed by atoms with Gasteiger partial charge in [0.15, 0.2) is 0 Å². The van der Waals surface area contributed by atoms with E-state index < -0.39 is 11.6 Å². The molecule has 0 unspecified atom stereocenters. The summed E-state index contributed by atoms with van der Waals surface area (Å²) >= 11 is 0. The Labute approximate surface area is 122 Å². The van der Waals surface area contributed by atoms with E-state index >= 15 is 0 Å². The molecule has 0 aliphatic carbocycles. The molecule has 3 nitrogen and oxygen atoms in total. The normalized spacial score (nSPS) is 12.0. The molecule has 0 saturated carbocycles. The molecule has 0 saturated heterocycles. The number of rotatable bonds is 5. The van der Waals surface area contributed by atoms with Crippen molar-refractivity contribution in [2.75, 3.05) is 7.11 Å². The Kier molecular flexibility index (Phi) is 4.75. The van der Waals surface area contributed by atoms with E-state index in [0.717, 1.165) is 0 Å². The standard InChI is InChI=1S/C16H17F2NO2/c1-10(19)14-6-4-12(17)7-16(14)21-9-11-3-5-13(20-2)8-15(11)18/h3-8,10H,9,19H2,1-2H3/t10-/m1/s1. The maximum Gasteiger partial charge on any atom is 0.133 e. The monoisotopic (exact) mass is 293 g/mol. The molecule has 0 aliphatic heterocycles. The van der Waals surface area contributed by atoms with Crippen LogP contribution < -0.4 is 15.2 Å². The molecule has 0 fully saturated rings. The van der Waals surface area contributed by atoms with Crippen LogP contribution in [0.25, 0.3) is 0 Å². The summed E-state index contributed by atoms with van der Waals surface area (Å²) in [6, 6.07) is 8.32. The first-order valence-electron chi connectivity index (χ1n) is 6.51. The van der Waals surface area contributed by atoms with Gasteiger partial charge in [0.25, 0.3) is 0 Å². The van der Waals surface area contributed by atoms with Crippen LogP contribution in [-0.2, 0) is 6.61 Å². The first kappa shape index (κ1) is 15.3. The van der Waals surface area contributed by atoms with Gasteiger partial charge in [-0.05, 0) is 25.1 Å². The number of hydrogen-bond acceptors (Lipinski definition) is 3. The molecule has 0 spiro atoms. The SMILES string of the molecule is COc1ccc(COc2cc(F)ccc2[C@@H](C)N)c(F)c1. The van der Waals surface area contributed by atoms with E-state index in [2.05, 4.69) is 0 Å². The first-order chi connectivity index (χ1) is 10.0. The van der Waals surface area contributed by atoms with E-state index in [1.54, 1.807) is 25.1 Å². The smallest absolute Gasteiger partial charge is 0.133 e. The van der Waals surface area contributed by atoms with Crippen LogP contribution in [-0.4, -0.2) is 7.11 Å². The van der Waals surface area contributed by atoms with Crippen molar-refractivity contribution < 1.29 is 18.3 Å². The molecule has 2 N–H and O–H groups in total. The van der Waals surface area contributed by atoms with Crippen LogP contribution in [0.4, 0.5) is 8.78 Å². The number of methoxy groups -OCH3 is 1. The molecule has 0 bridgehead atoms. The molecule has 21 heavy (non-hydrogen) atoms. The molecule has 0 amide bonds. The van der Waals surface area contributed by atoms with E-state index in [9.17, 15) is 8.78 Å². The molecule has 0 radical (unpaired) electrons. The predicted molar refractivity (Wildman–Crippen MR) is 76.3 cm³/mol. The number of benzene rings is 2. The molecule has 2 rings (SSSR count). The van der Waals surface area contributed by atoms with Crippen LogP contribution in [0.15, 0.2) is 36.4 Å². The van der Waals surface area contributed by atoms with E-state index in [1.165, 1.54) is 25.3 Å². The van der Waals surface area contributed by atoms with Crippen molar-refractivity contribution in [3.8, 4) is 11.5 Å². The van der Waals surface area contributed by atoms with Crippen LogP contribution >= 0.6 is 0 Å². The topological polar surface area (TPSA) is 44.5 Å². The Morgan fingerprint density at radius 3 is 2.52 bits per heavy atom. The van der Waals surface area contributed by atoms with Crippen molar-refractivity contribution in [3.05, 3.63) is 59.2 Å². The van der Waals surface area contributed by atoms with Crippen molar-refractivity contribution in [2.24, 2.45) is 5.73 Å². The van der Waals surface area contributed by atoms with Gasteiger partial charge in [0.1, 0.15) is 29.7 Å². The summed E-state index contributed by atoms with van der Waals surface area (Å²) in [5, 5.41) is 0. The van der Waals surface area contributed by atoms with Crippen molar-refractivity contribution >= 4 is 0 Å². The zero-order valence-electron chi connectivity index (χ0n) is 11.9. The Hall–Kier alpha value is -2.14. The summed E-state index contributed by atoms with van der Waals surface area (Å²) in [5.74, 6) is -0.115. The quantitative estimate of drug-likeness (QED) is 0.916. The molecule has 0 aliphatic rings. The number of nitrogens with two attached hydrogens (primary N) is 1. The van der Waals surface area contributed by atoms with Gasteiger partial charge >= 0.3 is 0 Å². The molecular formula is C16H17F2NO2. The van der Waals surface area contributed by atoms with Crippen LogP contribution in [0.1, 0.15) is 24.1 Å². The fourth-order valence-corrected chi connectivity index (χ4v) is 1.94. The second-order valence-electron chi connectivity index (χ2n) is 4.72. The Bertz CT molecular complexity index is 630. The maximum absolute atomic E-state index is 13.8. The van der Waals surface area contributed by atoms with Gasteiger partial charge in [-0.2, -0.15) is 0 Å². The first-order valence-corrected chi connectivity index (χ1v) is 6.51. The van der Waals surface area contributed by atoms with Gasteiger partial charge in [0.05, 0.1) is 7.11 Å². The molecular weight excluding hydrogens is 276 g/mol. The Balaban J connectivity index is 2.18. The minimum Gasteiger partial charge on any atom is -0.497 e. The molecule has 112 valence electrons. The number of ether oxygens (including phenoxy) is 2. The average molecular weight is 293 g/mol. The highest BCUT2D eigenvalue weighted by Gasteiger charge is 2.11. The van der Waals surface area contributed by atoms with Crippen molar-refractivity contribution in [1.29, 1.82) is 0 Å². The Morgan fingerprint density at radius 2 is 1.90 bits per heavy atom. The lowest BCUT2D eigenvalue weighted by molar-refractivity contribution is 0.293. The lowest BCUT2D eigenvalue weighted by Gasteiger charge is -2.14. The summed E-state index contributed by atoms with van der Waals surface area (Å²) in [4.78, 5) is 0. The van der Waals surface area contributed by atoms with Gasteiger partial charge in [-0.15, -0.1) is 0 Å². The molecule has 1 atom stereocenters. The number of hydrogen-bond donors (Lipinski definition) is 1. The van der Waals surface area contributed by atoms with Crippen LogP contribution in [0.2, 0.25) is 0 Å². The third-order valence-electron chi connectivity index (χ3n) is 3.11. The molecule has 2 aromatic carbocycles. The number of halogens is 2. The third-order valence-corrected chi connectivity index (χ3v) is 3.11. The van der Waals surface area contributed by atoms with E-state index in [0.29, 0.717) is 22.6 Å². The molecule has 0 aromatic heterocycles. The zero-order valence-corrected chi connectivity index (χ0v) is 11.9. The van der Waals surface area contributed by atoms with Gasteiger partial charge in [0, 0.05) is 29.3 Å². The fraction of sp³-hybridized carbons (Fsp3) is 0.250. The molecule has 2 aromatic rings. The van der Waals surface area contributed by atoms with Gasteiger partial charge in [-0.25, -0.2) is 8.78 Å². The largest absolute Gasteiger partial charge is 0.497 e. The second-order valence-corrected chi connectivity index (χ2v) is 4.72. The summed E-state index contributed by atoms with van der Waals surface area (Å²) in [6.07, 6.45) is 0. The lowest BCUT2D eigenvalue weighted by atomic mass is 10.1. The van der Waals surface area contributed by atoms with Crippen molar-refractivity contribution in [1.82, 2.24) is 0 Å². The van der Waals surface area contributed by atoms with E-state index in [1.807, 2.05) is 0 Å². The van der Waals surface area contributed by atoms with Crippen LogP contribution in [0, 0.1) is 11.6 Å². The van der Waals surface area contributed by atoms with E-state index in [-0.39, 0.29) is 12.6 Å². The predicted octanol–water partition coefficient (Wildman–Crippen LogP) is 3.57. The lowest BCUT2D eigenvalue weighted by Crippen LogP contribution is -2.09. The van der Waals surface area contributed by atoms with Gasteiger partial charge in [-0.3, -0.25) is 0 Å². The van der Waals surface area contributed by atoms with Crippen LogP contribution in [0.3, 0.4) is 0 Å². The zero-order chi connectivity index (χ0) is 15.4. The molecule has 5 heteroatoms. The van der Waals surface area contributed by atoms with Gasteiger partial charge in [0.2, 0.25) is 0 Å². The molecule has 0 heterocycles. The summed E-state index contributed by atoms with van der Waals surface area (Å²) < 4.78 is 37.6. The third kappa shape index (κ3) is 3.70. The highest BCUT2D eigenvalue weighted by atomic mass is 19.1. The summed E-state index contributed by atoms with van der Waals surface area (Å²) in [6.45, 7) is 1.76. The van der Waals surface area contributed by atoms with Gasteiger partial charge < -0.3 is 15.2 Å². The Morgan fingerprint density at radius 1 is 1.14 bits per heavy atom. The summed E-state index contributed by atoms with van der Waals surface area (Å²) in [5.41, 5.74) is 6.84. The minimum absolute atomic E-state index is 0.0149. The summed E-state index contributed by atoms with van der Waals surface area (Å²) in [7, 11) is 1.46. The highest BCUT2D eigenvalue weighted by Crippen LogP contribution is 2.26. The van der Waals surface area contributed by atoms with Crippen molar-refractivity contribution in [2.45, 2.75) is 19.6 Å². The average Bonchev–Trinajstić information content (AvgIpc) is 2.45. The second kappa shape index (κ2) is 6.54. The van der Waals surface area contributed by atoms with Crippen molar-refractivity contribution in [3.63, 3.8) is 0 Å². The fourth-order valence-electron chi connectivity index (χ4n) is 1.94. The van der Waals surface area contributed by atoms with Gasteiger partial charge in [-0.1, -0.05) is 6.07 Å². The highest BCUT2D eigenvalue weighted by molar-refractivity contribution is 5.36. The van der Waals surface area contributed by atoms with Crippen LogP contribution in [0.5, 0.6) is 11.5 Å². The van der Waals surface area contributed by atoms with E-state index in [4.69, 9.17) is 15.2 Å².